The van der Waals surface area contributed by atoms with Crippen LogP contribution in [0.4, 0.5) is 11.4 Å². The Kier molecular flexibility index (Phi) is 5.68. The SMILES string of the molecule is CC(=O)Nc1ccc(NC(=O)C(C)NC(=O)C(C)(C)C)cc1. The zero-order valence-electron chi connectivity index (χ0n) is 13.6. The van der Waals surface area contributed by atoms with Crippen LogP contribution in [0.1, 0.15) is 34.6 Å². The first-order valence-electron chi connectivity index (χ1n) is 7.09. The van der Waals surface area contributed by atoms with Gasteiger partial charge in [-0.05, 0) is 31.2 Å². The zero-order valence-corrected chi connectivity index (χ0v) is 13.6. The molecule has 1 rings (SSSR count). The zero-order chi connectivity index (χ0) is 16.9. The molecule has 0 radical (unpaired) electrons. The predicted octanol–water partition coefficient (Wildman–Crippen LogP) is 2.13. The van der Waals surface area contributed by atoms with E-state index in [0.717, 1.165) is 0 Å². The molecule has 0 aromatic heterocycles. The van der Waals surface area contributed by atoms with Gasteiger partial charge in [-0.1, -0.05) is 20.8 Å². The minimum atomic E-state index is -0.637. The summed E-state index contributed by atoms with van der Waals surface area (Å²) in [7, 11) is 0. The molecule has 1 atom stereocenters. The van der Waals surface area contributed by atoms with Gasteiger partial charge in [0.1, 0.15) is 6.04 Å². The summed E-state index contributed by atoms with van der Waals surface area (Å²) in [5.74, 6) is -0.642. The van der Waals surface area contributed by atoms with E-state index >= 15 is 0 Å². The lowest BCUT2D eigenvalue weighted by molar-refractivity contribution is -0.131. The van der Waals surface area contributed by atoms with Crippen LogP contribution in [0.25, 0.3) is 0 Å². The van der Waals surface area contributed by atoms with E-state index in [1.165, 1.54) is 6.92 Å². The third-order valence-corrected chi connectivity index (χ3v) is 2.89. The lowest BCUT2D eigenvalue weighted by Crippen LogP contribution is -2.46. The highest BCUT2D eigenvalue weighted by molar-refractivity contribution is 5.97. The second kappa shape index (κ2) is 7.06. The Labute approximate surface area is 130 Å². The Morgan fingerprint density at radius 3 is 1.82 bits per heavy atom. The third-order valence-electron chi connectivity index (χ3n) is 2.89. The van der Waals surface area contributed by atoms with Crippen LogP contribution in [0.15, 0.2) is 24.3 Å². The maximum atomic E-state index is 12.0. The van der Waals surface area contributed by atoms with Gasteiger partial charge in [0.15, 0.2) is 0 Å². The number of amides is 3. The fourth-order valence-corrected chi connectivity index (χ4v) is 1.57. The van der Waals surface area contributed by atoms with Gasteiger partial charge in [0, 0.05) is 23.7 Å². The first-order valence-corrected chi connectivity index (χ1v) is 7.09. The van der Waals surface area contributed by atoms with Crippen molar-refractivity contribution in [2.45, 2.75) is 40.7 Å². The van der Waals surface area contributed by atoms with Gasteiger partial charge >= 0.3 is 0 Å². The smallest absolute Gasteiger partial charge is 0.246 e. The van der Waals surface area contributed by atoms with Gasteiger partial charge in [-0.15, -0.1) is 0 Å². The molecule has 0 saturated heterocycles. The van der Waals surface area contributed by atoms with Crippen molar-refractivity contribution >= 4 is 29.1 Å². The summed E-state index contributed by atoms with van der Waals surface area (Å²) in [6.07, 6.45) is 0. The summed E-state index contributed by atoms with van der Waals surface area (Å²) >= 11 is 0. The standard InChI is InChI=1S/C16H23N3O3/c1-10(17-15(22)16(3,4)5)14(21)19-13-8-6-12(7-9-13)18-11(2)20/h6-10H,1-5H3,(H,17,22)(H,18,20)(H,19,21). The summed E-state index contributed by atoms with van der Waals surface area (Å²) in [5, 5.41) is 8.02. The number of hydrogen-bond donors (Lipinski definition) is 3. The molecule has 22 heavy (non-hydrogen) atoms. The van der Waals surface area contributed by atoms with Crippen molar-refractivity contribution < 1.29 is 14.4 Å². The van der Waals surface area contributed by atoms with Crippen molar-refractivity contribution in [3.05, 3.63) is 24.3 Å². The summed E-state index contributed by atoms with van der Waals surface area (Å²) in [6.45, 7) is 8.41. The highest BCUT2D eigenvalue weighted by atomic mass is 16.2. The highest BCUT2D eigenvalue weighted by Gasteiger charge is 2.25. The van der Waals surface area contributed by atoms with Crippen molar-refractivity contribution in [2.24, 2.45) is 5.41 Å². The van der Waals surface area contributed by atoms with E-state index in [-0.39, 0.29) is 17.7 Å². The van der Waals surface area contributed by atoms with E-state index in [2.05, 4.69) is 16.0 Å². The van der Waals surface area contributed by atoms with Crippen molar-refractivity contribution in [2.75, 3.05) is 10.6 Å². The number of anilines is 2. The van der Waals surface area contributed by atoms with Crippen LogP contribution in [0.2, 0.25) is 0 Å². The predicted molar refractivity (Wildman–Crippen MR) is 86.4 cm³/mol. The number of rotatable bonds is 4. The Morgan fingerprint density at radius 1 is 0.955 bits per heavy atom. The van der Waals surface area contributed by atoms with E-state index in [1.807, 2.05) is 0 Å². The third kappa shape index (κ3) is 5.55. The van der Waals surface area contributed by atoms with Crippen LogP contribution in [0, 0.1) is 5.41 Å². The molecule has 0 fully saturated rings. The molecule has 0 bridgehead atoms. The van der Waals surface area contributed by atoms with Gasteiger partial charge in [0.25, 0.3) is 0 Å². The molecule has 1 unspecified atom stereocenters. The Morgan fingerprint density at radius 2 is 1.41 bits per heavy atom. The summed E-state index contributed by atoms with van der Waals surface area (Å²) in [5.41, 5.74) is 0.699. The number of carbonyl (C=O) groups is 3. The quantitative estimate of drug-likeness (QED) is 0.796. The van der Waals surface area contributed by atoms with Crippen molar-refractivity contribution in [1.29, 1.82) is 0 Å². The van der Waals surface area contributed by atoms with Gasteiger partial charge in [0.05, 0.1) is 0 Å². The summed E-state index contributed by atoms with van der Waals surface area (Å²) in [6, 6.07) is 6.11. The molecule has 120 valence electrons. The fraction of sp³-hybridized carbons (Fsp3) is 0.438. The van der Waals surface area contributed by atoms with Crippen LogP contribution in [0.5, 0.6) is 0 Å². The molecular weight excluding hydrogens is 282 g/mol. The second-order valence-electron chi connectivity index (χ2n) is 6.19. The van der Waals surface area contributed by atoms with Gasteiger partial charge < -0.3 is 16.0 Å². The largest absolute Gasteiger partial charge is 0.344 e. The van der Waals surface area contributed by atoms with E-state index in [1.54, 1.807) is 52.0 Å². The molecule has 0 saturated carbocycles. The first kappa shape index (κ1) is 17.7. The summed E-state index contributed by atoms with van der Waals surface area (Å²) in [4.78, 5) is 34.8. The second-order valence-corrected chi connectivity index (χ2v) is 6.19. The molecule has 1 aromatic rings. The monoisotopic (exact) mass is 305 g/mol. The fourth-order valence-electron chi connectivity index (χ4n) is 1.57. The molecule has 0 aliphatic rings. The Bertz CT molecular complexity index is 559. The average molecular weight is 305 g/mol. The summed E-state index contributed by atoms with van der Waals surface area (Å²) < 4.78 is 0. The molecule has 6 nitrogen and oxygen atoms in total. The maximum Gasteiger partial charge on any atom is 0.246 e. The van der Waals surface area contributed by atoms with Crippen LogP contribution in [-0.2, 0) is 14.4 Å². The molecule has 3 amide bonds. The lowest BCUT2D eigenvalue weighted by atomic mass is 9.95. The molecule has 1 aromatic carbocycles. The number of carbonyl (C=O) groups excluding carboxylic acids is 3. The van der Waals surface area contributed by atoms with Gasteiger partial charge in [-0.2, -0.15) is 0 Å². The lowest BCUT2D eigenvalue weighted by Gasteiger charge is -2.21. The average Bonchev–Trinajstić information content (AvgIpc) is 2.39. The van der Waals surface area contributed by atoms with Crippen LogP contribution in [0.3, 0.4) is 0 Å². The highest BCUT2D eigenvalue weighted by Crippen LogP contribution is 2.15. The van der Waals surface area contributed by atoms with Crippen molar-refractivity contribution in [3.63, 3.8) is 0 Å². The molecule has 0 aliphatic carbocycles. The number of hydrogen-bond acceptors (Lipinski definition) is 3. The number of nitrogens with one attached hydrogen (secondary N) is 3. The molecule has 0 spiro atoms. The minimum Gasteiger partial charge on any atom is -0.344 e. The maximum absolute atomic E-state index is 12.0. The number of benzene rings is 1. The van der Waals surface area contributed by atoms with Gasteiger partial charge in [0.2, 0.25) is 17.7 Å². The first-order chi connectivity index (χ1) is 10.1. The van der Waals surface area contributed by atoms with Gasteiger partial charge in [-0.25, -0.2) is 0 Å². The van der Waals surface area contributed by atoms with Crippen LogP contribution < -0.4 is 16.0 Å². The van der Waals surface area contributed by atoms with E-state index < -0.39 is 11.5 Å². The van der Waals surface area contributed by atoms with Crippen LogP contribution in [-0.4, -0.2) is 23.8 Å². The molecule has 0 aliphatic heterocycles. The van der Waals surface area contributed by atoms with E-state index in [4.69, 9.17) is 0 Å². The minimum absolute atomic E-state index is 0.157. The molecule has 6 heteroatoms. The van der Waals surface area contributed by atoms with Gasteiger partial charge in [-0.3, -0.25) is 14.4 Å². The van der Waals surface area contributed by atoms with Crippen LogP contribution >= 0.6 is 0 Å². The van der Waals surface area contributed by atoms with Crippen molar-refractivity contribution in [1.82, 2.24) is 5.32 Å². The van der Waals surface area contributed by atoms with Crippen molar-refractivity contribution in [3.8, 4) is 0 Å². The molecular formula is C16H23N3O3. The van der Waals surface area contributed by atoms with E-state index in [0.29, 0.717) is 11.4 Å². The Hall–Kier alpha value is -2.37. The van der Waals surface area contributed by atoms with E-state index in [9.17, 15) is 14.4 Å². The molecule has 0 heterocycles. The topological polar surface area (TPSA) is 87.3 Å². The normalized spacial score (nSPS) is 12.2. The molecule has 3 N–H and O–H groups in total. The Balaban J connectivity index is 2.60.